The number of carbonyl (C=O) groups excluding carboxylic acids is 3. The highest BCUT2D eigenvalue weighted by atomic mass is 16.5. The zero-order chi connectivity index (χ0) is 18.1. The van der Waals surface area contributed by atoms with Gasteiger partial charge in [-0.25, -0.2) is 9.59 Å². The van der Waals surface area contributed by atoms with Gasteiger partial charge in [0.1, 0.15) is 0 Å². The van der Waals surface area contributed by atoms with Crippen LogP contribution >= 0.6 is 0 Å². The lowest BCUT2D eigenvalue weighted by atomic mass is 10.1. The zero-order valence-electron chi connectivity index (χ0n) is 14.4. The molecule has 1 aromatic rings. The van der Waals surface area contributed by atoms with Crippen molar-refractivity contribution in [2.45, 2.75) is 46.4 Å². The summed E-state index contributed by atoms with van der Waals surface area (Å²) < 4.78 is 10.3. The van der Waals surface area contributed by atoms with Crippen LogP contribution < -0.4 is 10.6 Å². The molecule has 1 aromatic carbocycles. The van der Waals surface area contributed by atoms with Crippen molar-refractivity contribution in [1.82, 2.24) is 10.6 Å². The number of benzene rings is 1. The van der Waals surface area contributed by atoms with Crippen LogP contribution in [0, 0.1) is 0 Å². The minimum absolute atomic E-state index is 0.0986. The van der Waals surface area contributed by atoms with Crippen molar-refractivity contribution < 1.29 is 23.9 Å². The highest BCUT2D eigenvalue weighted by Crippen LogP contribution is 2.08. The maximum atomic E-state index is 11.9. The van der Waals surface area contributed by atoms with Crippen LogP contribution in [0.4, 0.5) is 4.79 Å². The van der Waals surface area contributed by atoms with Gasteiger partial charge < -0.3 is 14.8 Å². The zero-order valence-corrected chi connectivity index (χ0v) is 14.4. The minimum atomic E-state index is -0.691. The Morgan fingerprint density at radius 3 is 2.21 bits per heavy atom. The molecule has 0 bridgehead atoms. The van der Waals surface area contributed by atoms with Crippen molar-refractivity contribution in [3.63, 3.8) is 0 Å². The molecule has 0 atom stereocenters. The molecule has 0 aromatic heterocycles. The highest BCUT2D eigenvalue weighted by molar-refractivity contribution is 5.97. The van der Waals surface area contributed by atoms with E-state index in [9.17, 15) is 14.4 Å². The third kappa shape index (κ3) is 7.73. The van der Waals surface area contributed by atoms with Gasteiger partial charge in [0.05, 0.1) is 18.3 Å². The second kappa shape index (κ2) is 9.67. The maximum Gasteiger partial charge on any atom is 0.338 e. The summed E-state index contributed by atoms with van der Waals surface area (Å²) in [6.07, 6.45) is 0.126. The van der Waals surface area contributed by atoms with Crippen molar-refractivity contribution >= 4 is 17.9 Å². The van der Waals surface area contributed by atoms with Gasteiger partial charge >= 0.3 is 12.0 Å². The van der Waals surface area contributed by atoms with Gasteiger partial charge in [0.25, 0.3) is 5.91 Å². The number of hydrogen-bond donors (Lipinski definition) is 2. The highest BCUT2D eigenvalue weighted by Gasteiger charge is 2.13. The lowest BCUT2D eigenvalue weighted by Gasteiger charge is -2.10. The molecule has 132 valence electrons. The molecule has 2 N–H and O–H groups in total. The summed E-state index contributed by atoms with van der Waals surface area (Å²) in [6.45, 7) is 7.35. The molecule has 0 aliphatic rings. The Labute approximate surface area is 141 Å². The van der Waals surface area contributed by atoms with Gasteiger partial charge in [-0.2, -0.15) is 0 Å². The predicted molar refractivity (Wildman–Crippen MR) is 88.5 cm³/mol. The summed E-state index contributed by atoms with van der Waals surface area (Å²) in [5.74, 6) is -1.32. The molecule has 7 nitrogen and oxygen atoms in total. The van der Waals surface area contributed by atoms with E-state index in [1.54, 1.807) is 38.1 Å². The smallest absolute Gasteiger partial charge is 0.338 e. The molecule has 0 aliphatic heterocycles. The molecule has 0 aliphatic carbocycles. The second-order valence-corrected chi connectivity index (χ2v) is 5.81. The molecule has 0 spiro atoms. The third-order valence-electron chi connectivity index (χ3n) is 2.78. The van der Waals surface area contributed by atoms with E-state index in [-0.39, 0.29) is 12.1 Å². The minimum Gasteiger partial charge on any atom is -0.452 e. The van der Waals surface area contributed by atoms with Crippen molar-refractivity contribution in [2.75, 3.05) is 6.61 Å². The monoisotopic (exact) mass is 336 g/mol. The number of esters is 1. The van der Waals surface area contributed by atoms with Crippen molar-refractivity contribution in [1.29, 1.82) is 0 Å². The molecule has 24 heavy (non-hydrogen) atoms. The Morgan fingerprint density at radius 2 is 1.67 bits per heavy atom. The molecule has 0 radical (unpaired) electrons. The molecule has 0 fully saturated rings. The molecule has 0 saturated carbocycles. The molecule has 0 unspecified atom stereocenters. The van der Waals surface area contributed by atoms with Gasteiger partial charge in [-0.3, -0.25) is 10.1 Å². The SMILES string of the molecule is CC(C)NC(=O)NC(=O)COC(=O)c1ccc(COC(C)C)cc1. The predicted octanol–water partition coefficient (Wildman–Crippen LogP) is 2.00. The Balaban J connectivity index is 2.42. The summed E-state index contributed by atoms with van der Waals surface area (Å²) in [5.41, 5.74) is 1.26. The fourth-order valence-corrected chi connectivity index (χ4v) is 1.68. The van der Waals surface area contributed by atoms with Crippen LogP contribution in [0.2, 0.25) is 0 Å². The van der Waals surface area contributed by atoms with Crippen molar-refractivity contribution in [3.8, 4) is 0 Å². The first-order chi connectivity index (χ1) is 11.3. The van der Waals surface area contributed by atoms with E-state index in [1.807, 2.05) is 13.8 Å². The number of carbonyl (C=O) groups is 3. The van der Waals surface area contributed by atoms with Crippen LogP contribution in [0.1, 0.15) is 43.6 Å². The average molecular weight is 336 g/mol. The molecular formula is C17H24N2O5. The van der Waals surface area contributed by atoms with Gasteiger partial charge in [0, 0.05) is 6.04 Å². The first-order valence-corrected chi connectivity index (χ1v) is 7.76. The first-order valence-electron chi connectivity index (χ1n) is 7.76. The number of amides is 3. The maximum absolute atomic E-state index is 11.9. The molecule has 1 rings (SSSR count). The van der Waals surface area contributed by atoms with E-state index in [4.69, 9.17) is 9.47 Å². The number of urea groups is 1. The second-order valence-electron chi connectivity index (χ2n) is 5.81. The van der Waals surface area contributed by atoms with E-state index < -0.39 is 24.5 Å². The van der Waals surface area contributed by atoms with Gasteiger partial charge in [-0.05, 0) is 45.4 Å². The fraction of sp³-hybridized carbons (Fsp3) is 0.471. The van der Waals surface area contributed by atoms with Crippen LogP contribution in [0.15, 0.2) is 24.3 Å². The number of hydrogen-bond acceptors (Lipinski definition) is 5. The summed E-state index contributed by atoms with van der Waals surface area (Å²) in [7, 11) is 0. The summed E-state index contributed by atoms with van der Waals surface area (Å²) in [4.78, 5) is 34.7. The van der Waals surface area contributed by atoms with Crippen LogP contribution in [0.3, 0.4) is 0 Å². The van der Waals surface area contributed by atoms with Crippen molar-refractivity contribution in [3.05, 3.63) is 35.4 Å². The topological polar surface area (TPSA) is 93.7 Å². The van der Waals surface area contributed by atoms with Crippen LogP contribution in [-0.2, 0) is 20.9 Å². The fourth-order valence-electron chi connectivity index (χ4n) is 1.68. The number of imide groups is 1. The lowest BCUT2D eigenvalue weighted by Crippen LogP contribution is -2.44. The molecule has 3 amide bonds. The summed E-state index contributed by atoms with van der Waals surface area (Å²) >= 11 is 0. The van der Waals surface area contributed by atoms with Gasteiger partial charge in [0.2, 0.25) is 0 Å². The van der Waals surface area contributed by atoms with E-state index in [1.165, 1.54) is 0 Å². The van der Waals surface area contributed by atoms with Crippen LogP contribution in [-0.4, -0.2) is 36.7 Å². The quantitative estimate of drug-likeness (QED) is 0.743. The number of nitrogens with one attached hydrogen (secondary N) is 2. The van der Waals surface area contributed by atoms with E-state index in [0.717, 1.165) is 5.56 Å². The third-order valence-corrected chi connectivity index (χ3v) is 2.78. The van der Waals surface area contributed by atoms with Gasteiger partial charge in [-0.1, -0.05) is 12.1 Å². The Hall–Kier alpha value is -2.41. The van der Waals surface area contributed by atoms with E-state index in [2.05, 4.69) is 10.6 Å². The lowest BCUT2D eigenvalue weighted by molar-refractivity contribution is -0.123. The molecule has 7 heteroatoms. The molecule has 0 saturated heterocycles. The Morgan fingerprint density at radius 1 is 1.04 bits per heavy atom. The van der Waals surface area contributed by atoms with Crippen molar-refractivity contribution in [2.24, 2.45) is 0 Å². The summed E-state index contributed by atoms with van der Waals surface area (Å²) in [5, 5.41) is 4.57. The van der Waals surface area contributed by atoms with Crippen LogP contribution in [0.5, 0.6) is 0 Å². The normalized spacial score (nSPS) is 10.6. The number of rotatable bonds is 7. The Bertz CT molecular complexity index is 567. The van der Waals surface area contributed by atoms with Gasteiger partial charge in [0.15, 0.2) is 6.61 Å². The largest absolute Gasteiger partial charge is 0.452 e. The standard InChI is InChI=1S/C17H24N2O5/c1-11(2)18-17(22)19-15(20)10-24-16(21)14-7-5-13(6-8-14)9-23-12(3)4/h5-8,11-12H,9-10H2,1-4H3,(H2,18,19,20,22). The summed E-state index contributed by atoms with van der Waals surface area (Å²) in [6, 6.07) is 6.00. The number of ether oxygens (including phenoxy) is 2. The van der Waals surface area contributed by atoms with Gasteiger partial charge in [-0.15, -0.1) is 0 Å². The average Bonchev–Trinajstić information content (AvgIpc) is 2.50. The van der Waals surface area contributed by atoms with Crippen LogP contribution in [0.25, 0.3) is 0 Å². The Kier molecular flexibility index (Phi) is 7.91. The van der Waals surface area contributed by atoms with E-state index >= 15 is 0 Å². The molecular weight excluding hydrogens is 312 g/mol. The first kappa shape index (κ1) is 19.6. The van der Waals surface area contributed by atoms with E-state index in [0.29, 0.717) is 12.2 Å². The molecule has 0 heterocycles.